The Morgan fingerprint density at radius 3 is 2.30 bits per heavy atom. The van der Waals surface area contributed by atoms with Crippen molar-refractivity contribution in [2.75, 3.05) is 6.54 Å². The Morgan fingerprint density at radius 1 is 1.19 bits per heavy atom. The number of hydrogen-bond donors (Lipinski definition) is 2. The molecule has 8 heteroatoms. The van der Waals surface area contributed by atoms with Gasteiger partial charge in [-0.25, -0.2) is 4.79 Å². The van der Waals surface area contributed by atoms with Crippen molar-refractivity contribution >= 4 is 11.9 Å². The molecule has 0 bridgehead atoms. The van der Waals surface area contributed by atoms with E-state index in [1.807, 2.05) is 20.8 Å². The van der Waals surface area contributed by atoms with Gasteiger partial charge in [0.15, 0.2) is 0 Å². The lowest BCUT2D eigenvalue weighted by Crippen LogP contribution is -2.49. The number of fused-ring (bicyclic) bond motifs is 1. The van der Waals surface area contributed by atoms with E-state index in [1.165, 1.54) is 0 Å². The van der Waals surface area contributed by atoms with E-state index in [9.17, 15) is 9.59 Å². The lowest BCUT2D eigenvalue weighted by Gasteiger charge is -2.42. The fourth-order valence-corrected chi connectivity index (χ4v) is 3.67. The van der Waals surface area contributed by atoms with Crippen molar-refractivity contribution in [2.45, 2.75) is 33.4 Å². The van der Waals surface area contributed by atoms with Gasteiger partial charge in [0.25, 0.3) is 5.91 Å². The Bertz CT molecular complexity index is 946. The first kappa shape index (κ1) is 18.5. The van der Waals surface area contributed by atoms with Gasteiger partial charge in [-0.05, 0) is 17.5 Å². The smallest absolute Gasteiger partial charge is 0.315 e. The first-order chi connectivity index (χ1) is 12.6. The predicted octanol–water partition coefficient (Wildman–Crippen LogP) is 2.00. The summed E-state index contributed by atoms with van der Waals surface area (Å²) >= 11 is 0. The number of nitriles is 1. The second-order valence-electron chi connectivity index (χ2n) is 7.69. The summed E-state index contributed by atoms with van der Waals surface area (Å²) in [5.74, 6) is -0.615. The first-order valence-corrected chi connectivity index (χ1v) is 8.62. The molecule has 1 unspecified atom stereocenters. The number of aromatic nitrogens is 2. The average molecular weight is 366 g/mol. The fraction of sp³-hybridized carbons (Fsp3) is 0.368. The number of hydrogen-bond acceptors (Lipinski definition) is 4. The normalized spacial score (nSPS) is 16.5. The molecule has 0 fully saturated rings. The summed E-state index contributed by atoms with van der Waals surface area (Å²) in [7, 11) is 0. The van der Waals surface area contributed by atoms with E-state index in [0.717, 1.165) is 0 Å². The van der Waals surface area contributed by atoms with Crippen LogP contribution in [0.5, 0.6) is 0 Å². The van der Waals surface area contributed by atoms with Gasteiger partial charge in [-0.2, -0.15) is 10.4 Å². The van der Waals surface area contributed by atoms with Crippen LogP contribution < -0.4 is 11.5 Å². The Balaban J connectivity index is 2.25. The molecule has 140 valence electrons. The summed E-state index contributed by atoms with van der Waals surface area (Å²) in [6, 6.07) is 7.87. The van der Waals surface area contributed by atoms with E-state index in [2.05, 4.69) is 11.2 Å². The molecular formula is C19H22N6O2. The third-order valence-electron chi connectivity index (χ3n) is 4.75. The molecule has 8 nitrogen and oxygen atoms in total. The van der Waals surface area contributed by atoms with Gasteiger partial charge in [0.1, 0.15) is 5.69 Å². The molecule has 1 atom stereocenters. The van der Waals surface area contributed by atoms with Gasteiger partial charge < -0.3 is 16.4 Å². The molecule has 1 aromatic carbocycles. The third kappa shape index (κ3) is 3.12. The highest BCUT2D eigenvalue weighted by atomic mass is 16.2. The molecule has 1 aliphatic heterocycles. The maximum absolute atomic E-state index is 12.4. The second kappa shape index (κ2) is 6.43. The molecule has 2 aromatic rings. The zero-order chi connectivity index (χ0) is 19.9. The third-order valence-corrected chi connectivity index (χ3v) is 4.75. The topological polar surface area (TPSA) is 131 Å². The molecule has 0 saturated heterocycles. The molecule has 0 spiro atoms. The SMILES string of the molecule is CC(C)(C)C1c2c(C(N)=O)c(-c3ccc(C#N)cc3)nn2CCN1C(N)=O. The largest absolute Gasteiger partial charge is 0.365 e. The van der Waals surface area contributed by atoms with E-state index in [1.54, 1.807) is 33.8 Å². The highest BCUT2D eigenvalue weighted by molar-refractivity contribution is 6.00. The van der Waals surface area contributed by atoms with Crippen LogP contribution in [-0.2, 0) is 6.54 Å². The minimum Gasteiger partial charge on any atom is -0.365 e. The van der Waals surface area contributed by atoms with E-state index in [0.29, 0.717) is 35.6 Å². The molecule has 4 N–H and O–H groups in total. The summed E-state index contributed by atoms with van der Waals surface area (Å²) in [5, 5.41) is 13.6. The number of carbonyl (C=O) groups is 2. The van der Waals surface area contributed by atoms with Crippen LogP contribution in [0.1, 0.15) is 48.4 Å². The molecule has 1 aromatic heterocycles. The van der Waals surface area contributed by atoms with Crippen LogP contribution in [-0.4, -0.2) is 33.2 Å². The van der Waals surface area contributed by atoms with Gasteiger partial charge in [0.05, 0.1) is 35.5 Å². The molecular weight excluding hydrogens is 344 g/mol. The number of primary amides is 2. The zero-order valence-electron chi connectivity index (χ0n) is 15.6. The Hall–Kier alpha value is -3.34. The molecule has 3 rings (SSSR count). The number of rotatable bonds is 2. The van der Waals surface area contributed by atoms with Crippen LogP contribution in [0.3, 0.4) is 0 Å². The monoisotopic (exact) mass is 366 g/mol. The fourth-order valence-electron chi connectivity index (χ4n) is 3.67. The maximum Gasteiger partial charge on any atom is 0.315 e. The Morgan fingerprint density at radius 2 is 1.81 bits per heavy atom. The summed E-state index contributed by atoms with van der Waals surface area (Å²) < 4.78 is 1.74. The number of carbonyl (C=O) groups excluding carboxylic acids is 2. The van der Waals surface area contributed by atoms with E-state index >= 15 is 0 Å². The molecule has 0 saturated carbocycles. The van der Waals surface area contributed by atoms with Gasteiger partial charge >= 0.3 is 6.03 Å². The van der Waals surface area contributed by atoms with Gasteiger partial charge in [-0.1, -0.05) is 32.9 Å². The van der Waals surface area contributed by atoms with E-state index < -0.39 is 18.0 Å². The lowest BCUT2D eigenvalue weighted by molar-refractivity contribution is 0.0899. The number of amides is 3. The van der Waals surface area contributed by atoms with Crippen molar-refractivity contribution < 1.29 is 9.59 Å². The molecule has 0 aliphatic carbocycles. The van der Waals surface area contributed by atoms with Gasteiger partial charge in [-0.15, -0.1) is 0 Å². The van der Waals surface area contributed by atoms with Crippen LogP contribution in [0.4, 0.5) is 4.79 Å². The molecule has 2 heterocycles. The van der Waals surface area contributed by atoms with Gasteiger partial charge in [-0.3, -0.25) is 9.48 Å². The number of benzene rings is 1. The van der Waals surface area contributed by atoms with Gasteiger partial charge in [0.2, 0.25) is 0 Å². The van der Waals surface area contributed by atoms with Crippen molar-refractivity contribution in [3.63, 3.8) is 0 Å². The van der Waals surface area contributed by atoms with Crippen LogP contribution in [0.15, 0.2) is 24.3 Å². The van der Waals surface area contributed by atoms with E-state index in [-0.39, 0.29) is 11.0 Å². The quantitative estimate of drug-likeness (QED) is 0.841. The van der Waals surface area contributed by atoms with Gasteiger partial charge in [0, 0.05) is 12.1 Å². The molecule has 0 radical (unpaired) electrons. The van der Waals surface area contributed by atoms with E-state index in [4.69, 9.17) is 16.7 Å². The number of urea groups is 1. The molecule has 3 amide bonds. The standard InChI is InChI=1S/C19H22N6O2/c1-19(2,3)16-15-13(17(21)26)14(12-6-4-11(10-20)5-7-12)23-25(15)9-8-24(16)18(22)27/h4-7,16H,8-9H2,1-3H3,(H2,21,26)(H2,22,27). The highest BCUT2D eigenvalue weighted by Crippen LogP contribution is 2.43. The van der Waals surface area contributed by atoms with Crippen molar-refractivity contribution in [2.24, 2.45) is 16.9 Å². The van der Waals surface area contributed by atoms with Crippen molar-refractivity contribution in [3.8, 4) is 17.3 Å². The minimum atomic E-state index is -0.615. The highest BCUT2D eigenvalue weighted by Gasteiger charge is 2.42. The average Bonchev–Trinajstić information content (AvgIpc) is 2.99. The maximum atomic E-state index is 12.4. The summed E-state index contributed by atoms with van der Waals surface area (Å²) in [4.78, 5) is 26.0. The Kier molecular flexibility index (Phi) is 4.39. The lowest BCUT2D eigenvalue weighted by atomic mass is 9.81. The predicted molar refractivity (Wildman–Crippen MR) is 99.4 cm³/mol. The van der Waals surface area contributed by atoms with Crippen molar-refractivity contribution in [1.82, 2.24) is 14.7 Å². The molecule has 27 heavy (non-hydrogen) atoms. The summed E-state index contributed by atoms with van der Waals surface area (Å²) in [5.41, 5.74) is 13.5. The number of nitrogens with zero attached hydrogens (tertiary/aromatic N) is 4. The minimum absolute atomic E-state index is 0.283. The first-order valence-electron chi connectivity index (χ1n) is 8.62. The van der Waals surface area contributed by atoms with Crippen molar-refractivity contribution in [1.29, 1.82) is 5.26 Å². The summed E-state index contributed by atoms with van der Waals surface area (Å²) in [6.45, 7) is 6.74. The van der Waals surface area contributed by atoms with Crippen LogP contribution >= 0.6 is 0 Å². The van der Waals surface area contributed by atoms with Crippen molar-refractivity contribution in [3.05, 3.63) is 41.1 Å². The zero-order valence-corrected chi connectivity index (χ0v) is 15.6. The Labute approximate surface area is 157 Å². The second-order valence-corrected chi connectivity index (χ2v) is 7.69. The molecule has 1 aliphatic rings. The van der Waals surface area contributed by atoms with Crippen LogP contribution in [0.2, 0.25) is 0 Å². The van der Waals surface area contributed by atoms with Crippen LogP contribution in [0, 0.1) is 16.7 Å². The van der Waals surface area contributed by atoms with Crippen LogP contribution in [0.25, 0.3) is 11.3 Å². The summed E-state index contributed by atoms with van der Waals surface area (Å²) in [6.07, 6.45) is 0. The number of nitrogens with two attached hydrogens (primary N) is 2.